The van der Waals surface area contributed by atoms with Crippen LogP contribution in [0.2, 0.25) is 0 Å². The fourth-order valence-electron chi connectivity index (χ4n) is 2.99. The molecule has 9 nitrogen and oxygen atoms in total. The van der Waals surface area contributed by atoms with E-state index < -0.39 is 17.9 Å². The molecule has 1 aromatic carbocycles. The molecule has 2 heterocycles. The van der Waals surface area contributed by atoms with Gasteiger partial charge in [-0.2, -0.15) is 13.2 Å². The van der Waals surface area contributed by atoms with Crippen LogP contribution in [0.1, 0.15) is 30.3 Å². The maximum atomic E-state index is 13.1. The summed E-state index contributed by atoms with van der Waals surface area (Å²) in [6.07, 6.45) is -4.64. The molecule has 1 atom stereocenters. The molecule has 0 aliphatic heterocycles. The standard InChI is InChI=1S/C20H24F3N7O2/c1-10(18-29-16(20(21,22)23)9-17(24)30-18)26-19-12-7-15(32-6-5-25-3)14(31-4)8-13(12)27-11(2)28-19/h7-10,25H,5-6H2,1-4H3,(H2,24,29,30)(H,26,27,28)/t10-/m1/s1. The number of nitrogens with zero attached hydrogens (tertiary/aromatic N) is 4. The van der Waals surface area contributed by atoms with Crippen molar-refractivity contribution >= 4 is 22.5 Å². The molecule has 2 aromatic heterocycles. The van der Waals surface area contributed by atoms with Gasteiger partial charge in [0.25, 0.3) is 0 Å². The Morgan fingerprint density at radius 1 is 1.09 bits per heavy atom. The normalized spacial score (nSPS) is 12.6. The van der Waals surface area contributed by atoms with Crippen molar-refractivity contribution < 1.29 is 22.6 Å². The summed E-state index contributed by atoms with van der Waals surface area (Å²) in [6.45, 7) is 4.35. The molecule has 0 amide bonds. The van der Waals surface area contributed by atoms with Gasteiger partial charge < -0.3 is 25.8 Å². The van der Waals surface area contributed by atoms with Crippen LogP contribution in [0.5, 0.6) is 11.5 Å². The van der Waals surface area contributed by atoms with Crippen LogP contribution in [-0.2, 0) is 6.18 Å². The lowest BCUT2D eigenvalue weighted by molar-refractivity contribution is -0.141. The first-order chi connectivity index (χ1) is 15.1. The van der Waals surface area contributed by atoms with Gasteiger partial charge in [0.2, 0.25) is 0 Å². The van der Waals surface area contributed by atoms with E-state index in [9.17, 15) is 13.2 Å². The molecule has 0 bridgehead atoms. The largest absolute Gasteiger partial charge is 0.493 e. The maximum Gasteiger partial charge on any atom is 0.433 e. The average Bonchev–Trinajstić information content (AvgIpc) is 2.72. The van der Waals surface area contributed by atoms with E-state index in [-0.39, 0.29) is 11.6 Å². The minimum atomic E-state index is -4.64. The highest BCUT2D eigenvalue weighted by molar-refractivity contribution is 5.92. The van der Waals surface area contributed by atoms with Crippen molar-refractivity contribution in [2.75, 3.05) is 38.4 Å². The number of hydrogen-bond acceptors (Lipinski definition) is 9. The number of nitrogens with one attached hydrogen (secondary N) is 2. The lowest BCUT2D eigenvalue weighted by Gasteiger charge is -2.18. The third kappa shape index (κ3) is 5.25. The van der Waals surface area contributed by atoms with E-state index in [0.29, 0.717) is 53.3 Å². The highest BCUT2D eigenvalue weighted by atomic mass is 19.4. The fraction of sp³-hybridized carbons (Fsp3) is 0.400. The number of rotatable bonds is 8. The molecule has 12 heteroatoms. The number of ether oxygens (including phenoxy) is 2. The summed E-state index contributed by atoms with van der Waals surface area (Å²) in [5, 5.41) is 6.66. The van der Waals surface area contributed by atoms with Gasteiger partial charge in [-0.05, 0) is 27.0 Å². The molecule has 0 aliphatic carbocycles. The lowest BCUT2D eigenvalue weighted by Crippen LogP contribution is -2.18. The Morgan fingerprint density at radius 2 is 1.84 bits per heavy atom. The number of aromatic nitrogens is 4. The summed E-state index contributed by atoms with van der Waals surface area (Å²) >= 11 is 0. The zero-order valence-electron chi connectivity index (χ0n) is 18.0. The number of nitrogens with two attached hydrogens (primary N) is 1. The summed E-state index contributed by atoms with van der Waals surface area (Å²) in [5.41, 5.74) is 5.04. The van der Waals surface area contributed by atoms with Crippen LogP contribution in [0, 0.1) is 6.92 Å². The number of alkyl halides is 3. The molecule has 0 unspecified atom stereocenters. The molecule has 172 valence electrons. The summed E-state index contributed by atoms with van der Waals surface area (Å²) in [5.74, 6) is 1.45. The van der Waals surface area contributed by atoms with E-state index >= 15 is 0 Å². The van der Waals surface area contributed by atoms with Gasteiger partial charge in [0.1, 0.15) is 29.8 Å². The lowest BCUT2D eigenvalue weighted by atomic mass is 10.2. The quantitative estimate of drug-likeness (QED) is 0.444. The van der Waals surface area contributed by atoms with Gasteiger partial charge in [-0.15, -0.1) is 0 Å². The smallest absolute Gasteiger partial charge is 0.433 e. The SMILES string of the molecule is CNCCOc1cc2c(N[C@H](C)c3nc(N)cc(C(F)(F)F)n3)nc(C)nc2cc1OC. The van der Waals surface area contributed by atoms with Crippen LogP contribution < -0.4 is 25.8 Å². The van der Waals surface area contributed by atoms with Crippen LogP contribution in [0.3, 0.4) is 0 Å². The van der Waals surface area contributed by atoms with Crippen molar-refractivity contribution in [2.45, 2.75) is 26.1 Å². The number of anilines is 2. The average molecular weight is 451 g/mol. The molecule has 0 radical (unpaired) electrons. The van der Waals surface area contributed by atoms with E-state index in [4.69, 9.17) is 15.2 Å². The van der Waals surface area contributed by atoms with E-state index in [0.717, 1.165) is 0 Å². The summed E-state index contributed by atoms with van der Waals surface area (Å²) in [7, 11) is 3.33. The zero-order chi connectivity index (χ0) is 23.5. The van der Waals surface area contributed by atoms with Crippen molar-refractivity contribution in [1.82, 2.24) is 25.3 Å². The Bertz CT molecular complexity index is 1110. The first kappa shape index (κ1) is 23.3. The molecular formula is C20H24F3N7O2. The number of likely N-dealkylation sites (N-methyl/N-ethyl adjacent to an activating group) is 1. The first-order valence-corrected chi connectivity index (χ1v) is 9.74. The third-order valence-electron chi connectivity index (χ3n) is 4.50. The molecule has 0 fully saturated rings. The highest BCUT2D eigenvalue weighted by Gasteiger charge is 2.34. The summed E-state index contributed by atoms with van der Waals surface area (Å²) in [4.78, 5) is 16.4. The van der Waals surface area contributed by atoms with Crippen LogP contribution >= 0.6 is 0 Å². The van der Waals surface area contributed by atoms with Gasteiger partial charge in [-0.25, -0.2) is 19.9 Å². The second-order valence-corrected chi connectivity index (χ2v) is 6.99. The summed E-state index contributed by atoms with van der Waals surface area (Å²) in [6, 6.07) is 3.40. The topological polar surface area (TPSA) is 120 Å². The Hall–Kier alpha value is -3.41. The Kier molecular flexibility index (Phi) is 6.82. The molecule has 0 spiro atoms. The van der Waals surface area contributed by atoms with Crippen molar-refractivity contribution in [3.63, 3.8) is 0 Å². The van der Waals surface area contributed by atoms with Crippen LogP contribution in [-0.4, -0.2) is 47.2 Å². The predicted octanol–water partition coefficient (Wildman–Crippen LogP) is 3.11. The predicted molar refractivity (Wildman–Crippen MR) is 114 cm³/mol. The van der Waals surface area contributed by atoms with Crippen LogP contribution in [0.4, 0.5) is 24.8 Å². The number of fused-ring (bicyclic) bond motifs is 1. The molecule has 0 saturated carbocycles. The van der Waals surface area contributed by atoms with Crippen LogP contribution in [0.25, 0.3) is 10.9 Å². The van der Waals surface area contributed by atoms with Gasteiger partial charge >= 0.3 is 6.18 Å². The molecule has 0 saturated heterocycles. The van der Waals surface area contributed by atoms with Gasteiger partial charge in [0, 0.05) is 24.1 Å². The minimum absolute atomic E-state index is 0.110. The zero-order valence-corrected chi connectivity index (χ0v) is 18.0. The van der Waals surface area contributed by atoms with Crippen molar-refractivity contribution in [3.8, 4) is 11.5 Å². The number of methoxy groups -OCH3 is 1. The van der Waals surface area contributed by atoms with E-state index in [1.54, 1.807) is 26.0 Å². The monoisotopic (exact) mass is 451 g/mol. The molecule has 3 rings (SSSR count). The van der Waals surface area contributed by atoms with Gasteiger partial charge in [0.15, 0.2) is 17.3 Å². The second-order valence-electron chi connectivity index (χ2n) is 6.99. The Morgan fingerprint density at radius 3 is 2.50 bits per heavy atom. The fourth-order valence-corrected chi connectivity index (χ4v) is 2.99. The van der Waals surface area contributed by atoms with E-state index in [1.165, 1.54) is 7.11 Å². The van der Waals surface area contributed by atoms with Crippen molar-refractivity contribution in [1.29, 1.82) is 0 Å². The van der Waals surface area contributed by atoms with Gasteiger partial charge in [-0.3, -0.25) is 0 Å². The highest BCUT2D eigenvalue weighted by Crippen LogP contribution is 2.35. The molecule has 32 heavy (non-hydrogen) atoms. The van der Waals surface area contributed by atoms with Crippen molar-refractivity contribution in [3.05, 3.63) is 35.5 Å². The van der Waals surface area contributed by atoms with Crippen LogP contribution in [0.15, 0.2) is 18.2 Å². The summed E-state index contributed by atoms with van der Waals surface area (Å²) < 4.78 is 50.6. The van der Waals surface area contributed by atoms with Gasteiger partial charge in [0.05, 0.1) is 18.7 Å². The third-order valence-corrected chi connectivity index (χ3v) is 4.50. The maximum absolute atomic E-state index is 13.1. The minimum Gasteiger partial charge on any atom is -0.493 e. The Labute approximate surface area is 182 Å². The van der Waals surface area contributed by atoms with Gasteiger partial charge in [-0.1, -0.05) is 0 Å². The number of benzene rings is 1. The number of aryl methyl sites for hydroxylation is 1. The molecular weight excluding hydrogens is 427 g/mol. The molecule has 4 N–H and O–H groups in total. The Balaban J connectivity index is 2.01. The second kappa shape index (κ2) is 9.39. The molecule has 0 aliphatic rings. The number of hydrogen-bond donors (Lipinski definition) is 3. The number of nitrogen functional groups attached to an aromatic ring is 1. The van der Waals surface area contributed by atoms with Crippen molar-refractivity contribution in [2.24, 2.45) is 0 Å². The van der Waals surface area contributed by atoms with E-state index in [2.05, 4.69) is 30.6 Å². The van der Waals surface area contributed by atoms with E-state index in [1.807, 2.05) is 7.05 Å². The number of halogens is 3. The first-order valence-electron chi connectivity index (χ1n) is 9.74. The molecule has 3 aromatic rings.